The molecule has 6 nitrogen and oxygen atoms in total. The van der Waals surface area contributed by atoms with Crippen molar-refractivity contribution in [3.63, 3.8) is 0 Å². The van der Waals surface area contributed by atoms with Crippen molar-refractivity contribution in [3.8, 4) is 0 Å². The van der Waals surface area contributed by atoms with Gasteiger partial charge in [-0.05, 0) is 13.0 Å². The van der Waals surface area contributed by atoms with Gasteiger partial charge in [0.2, 0.25) is 0 Å². The number of nitrogens with zero attached hydrogens (tertiary/aromatic N) is 2. The summed E-state index contributed by atoms with van der Waals surface area (Å²) in [5.74, 6) is -0.924. The summed E-state index contributed by atoms with van der Waals surface area (Å²) in [7, 11) is 0. The second-order valence-corrected chi connectivity index (χ2v) is 4.38. The van der Waals surface area contributed by atoms with E-state index in [2.05, 4.69) is 10.4 Å². The first kappa shape index (κ1) is 14.0. The Morgan fingerprint density at radius 2 is 2.53 bits per heavy atom. The lowest BCUT2D eigenvalue weighted by atomic mass is 10.2. The first-order chi connectivity index (χ1) is 9.02. The van der Waals surface area contributed by atoms with Crippen LogP contribution in [0, 0.1) is 5.82 Å². The first-order valence-corrected chi connectivity index (χ1v) is 6.12. The lowest BCUT2D eigenvalue weighted by Crippen LogP contribution is -2.44. The maximum atomic E-state index is 13.0. The van der Waals surface area contributed by atoms with Gasteiger partial charge in [0.25, 0.3) is 0 Å². The number of ether oxygens (including phenoxy) is 1. The average Bonchev–Trinajstić information content (AvgIpc) is 2.71. The number of hydrazine groups is 1. The first-order valence-electron chi connectivity index (χ1n) is 5.74. The molecule has 1 aromatic rings. The van der Waals surface area contributed by atoms with Crippen LogP contribution in [0.5, 0.6) is 0 Å². The van der Waals surface area contributed by atoms with Crippen molar-refractivity contribution in [2.24, 2.45) is 0 Å². The zero-order valence-electron chi connectivity index (χ0n) is 10.1. The van der Waals surface area contributed by atoms with Crippen LogP contribution in [0.3, 0.4) is 0 Å². The Hall–Kier alpha value is -1.44. The number of halogens is 2. The largest absolute Gasteiger partial charge is 0.464 e. The number of aliphatic hydroxyl groups is 1. The molecule has 1 saturated heterocycles. The van der Waals surface area contributed by atoms with Gasteiger partial charge in [0.05, 0.1) is 17.8 Å². The van der Waals surface area contributed by atoms with E-state index in [1.807, 2.05) is 0 Å². The molecule has 0 aliphatic carbocycles. The van der Waals surface area contributed by atoms with Crippen molar-refractivity contribution in [1.29, 1.82) is 0 Å². The smallest absolute Gasteiger partial charge is 0.330 e. The molecule has 0 saturated carbocycles. The van der Waals surface area contributed by atoms with Crippen LogP contribution >= 0.6 is 11.6 Å². The monoisotopic (exact) mass is 289 g/mol. The fraction of sp³-hybridized carbons (Fsp3) is 0.455. The van der Waals surface area contributed by atoms with Gasteiger partial charge in [-0.25, -0.2) is 19.6 Å². The fourth-order valence-electron chi connectivity index (χ4n) is 1.85. The summed E-state index contributed by atoms with van der Waals surface area (Å²) in [6, 6.07) is 0.323. The number of hydrogen-bond acceptors (Lipinski definition) is 6. The van der Waals surface area contributed by atoms with Gasteiger partial charge in [0, 0.05) is 6.42 Å². The second kappa shape index (κ2) is 5.68. The van der Waals surface area contributed by atoms with Gasteiger partial charge in [-0.2, -0.15) is 0 Å². The number of carbonyl (C=O) groups is 1. The number of carbonyl (C=O) groups excluding carboxylic acids is 1. The van der Waals surface area contributed by atoms with Crippen molar-refractivity contribution in [2.75, 3.05) is 11.6 Å². The summed E-state index contributed by atoms with van der Waals surface area (Å²) >= 11 is 5.89. The molecule has 1 aliphatic rings. The molecule has 2 heterocycles. The number of esters is 1. The van der Waals surface area contributed by atoms with Crippen LogP contribution in [0.25, 0.3) is 0 Å². The van der Waals surface area contributed by atoms with E-state index in [1.54, 1.807) is 6.92 Å². The standard InChI is InChI=1S/C11H13ClFN3O3/c1-2-19-11(18)8-4-9(17)15-16(8)10-7(12)3-6(13)5-14-10/h3,5,8-9,15,17H,2,4H2,1H3. The zero-order chi connectivity index (χ0) is 14.0. The molecule has 0 aromatic carbocycles. The molecule has 0 amide bonds. The minimum absolute atomic E-state index is 0.0379. The molecule has 1 fully saturated rings. The average molecular weight is 290 g/mol. The van der Waals surface area contributed by atoms with Gasteiger partial charge in [-0.15, -0.1) is 0 Å². The third kappa shape index (κ3) is 2.94. The Bertz CT molecular complexity index is 488. The van der Waals surface area contributed by atoms with Crippen molar-refractivity contribution in [2.45, 2.75) is 25.6 Å². The summed E-state index contributed by atoms with van der Waals surface area (Å²) in [6.07, 6.45) is 0.196. The predicted molar refractivity (Wildman–Crippen MR) is 65.9 cm³/mol. The minimum Gasteiger partial charge on any atom is -0.464 e. The van der Waals surface area contributed by atoms with Crippen molar-refractivity contribution in [3.05, 3.63) is 23.1 Å². The maximum Gasteiger partial charge on any atom is 0.330 e. The maximum absolute atomic E-state index is 13.0. The number of nitrogens with one attached hydrogen (secondary N) is 1. The predicted octanol–water partition coefficient (Wildman–Crippen LogP) is 0.839. The van der Waals surface area contributed by atoms with Crippen LogP contribution in [-0.2, 0) is 9.53 Å². The van der Waals surface area contributed by atoms with Gasteiger partial charge >= 0.3 is 5.97 Å². The van der Waals surface area contributed by atoms with E-state index in [1.165, 1.54) is 5.01 Å². The molecule has 0 radical (unpaired) electrons. The van der Waals surface area contributed by atoms with Crippen molar-refractivity contribution >= 4 is 23.4 Å². The summed E-state index contributed by atoms with van der Waals surface area (Å²) in [4.78, 5) is 15.6. The number of pyridine rings is 1. The van der Waals surface area contributed by atoms with Crippen LogP contribution in [-0.4, -0.2) is 34.9 Å². The number of hydrogen-bond donors (Lipinski definition) is 2. The molecule has 2 rings (SSSR count). The molecular formula is C11H13ClFN3O3. The SMILES string of the molecule is CCOC(=O)C1CC(O)NN1c1ncc(F)cc1Cl. The van der Waals surface area contributed by atoms with Crippen LogP contribution in [0.2, 0.25) is 5.02 Å². The number of rotatable bonds is 3. The van der Waals surface area contributed by atoms with E-state index in [0.717, 1.165) is 12.3 Å². The molecule has 8 heteroatoms. The van der Waals surface area contributed by atoms with E-state index in [-0.39, 0.29) is 23.9 Å². The highest BCUT2D eigenvalue weighted by atomic mass is 35.5. The minimum atomic E-state index is -0.919. The number of aromatic nitrogens is 1. The van der Waals surface area contributed by atoms with E-state index >= 15 is 0 Å². The van der Waals surface area contributed by atoms with Gasteiger partial charge in [0.15, 0.2) is 5.82 Å². The van der Waals surface area contributed by atoms with E-state index < -0.39 is 24.1 Å². The summed E-state index contributed by atoms with van der Waals surface area (Å²) < 4.78 is 17.9. The summed E-state index contributed by atoms with van der Waals surface area (Å²) in [6.45, 7) is 1.91. The fourth-order valence-corrected chi connectivity index (χ4v) is 2.10. The van der Waals surface area contributed by atoms with Crippen molar-refractivity contribution in [1.82, 2.24) is 10.4 Å². The highest BCUT2D eigenvalue weighted by molar-refractivity contribution is 6.33. The Kier molecular flexibility index (Phi) is 4.18. The Morgan fingerprint density at radius 1 is 1.79 bits per heavy atom. The summed E-state index contributed by atoms with van der Waals surface area (Å²) in [5.41, 5.74) is 2.64. The molecule has 104 valence electrons. The molecule has 2 unspecified atom stereocenters. The third-order valence-electron chi connectivity index (χ3n) is 2.62. The topological polar surface area (TPSA) is 74.7 Å². The molecule has 19 heavy (non-hydrogen) atoms. The molecule has 0 spiro atoms. The highest BCUT2D eigenvalue weighted by Crippen LogP contribution is 2.28. The van der Waals surface area contributed by atoms with Gasteiger partial charge in [-0.3, -0.25) is 5.01 Å². The Labute approximate surface area is 114 Å². The lowest BCUT2D eigenvalue weighted by Gasteiger charge is -2.24. The summed E-state index contributed by atoms with van der Waals surface area (Å²) in [5, 5.41) is 10.9. The quantitative estimate of drug-likeness (QED) is 0.803. The molecule has 1 aromatic heterocycles. The van der Waals surface area contributed by atoms with E-state index in [4.69, 9.17) is 16.3 Å². The molecule has 1 aliphatic heterocycles. The zero-order valence-corrected chi connectivity index (χ0v) is 10.9. The van der Waals surface area contributed by atoms with E-state index in [0.29, 0.717) is 0 Å². The Morgan fingerprint density at radius 3 is 3.16 bits per heavy atom. The highest BCUT2D eigenvalue weighted by Gasteiger charge is 2.38. The van der Waals surface area contributed by atoms with Gasteiger partial charge in [-0.1, -0.05) is 11.6 Å². The number of anilines is 1. The van der Waals surface area contributed by atoms with Crippen LogP contribution in [0.15, 0.2) is 12.3 Å². The van der Waals surface area contributed by atoms with Crippen LogP contribution in [0.4, 0.5) is 10.2 Å². The Balaban J connectivity index is 2.27. The third-order valence-corrected chi connectivity index (χ3v) is 2.90. The second-order valence-electron chi connectivity index (χ2n) is 3.98. The van der Waals surface area contributed by atoms with Crippen molar-refractivity contribution < 1.29 is 19.0 Å². The molecule has 0 bridgehead atoms. The molecule has 2 N–H and O–H groups in total. The molecular weight excluding hydrogens is 277 g/mol. The van der Waals surface area contributed by atoms with Gasteiger partial charge in [0.1, 0.15) is 18.1 Å². The lowest BCUT2D eigenvalue weighted by molar-refractivity contribution is -0.144. The van der Waals surface area contributed by atoms with E-state index in [9.17, 15) is 14.3 Å². The normalized spacial score (nSPS) is 22.6. The van der Waals surface area contributed by atoms with Crippen LogP contribution < -0.4 is 10.4 Å². The van der Waals surface area contributed by atoms with Crippen LogP contribution in [0.1, 0.15) is 13.3 Å². The molecule has 2 atom stereocenters. The van der Waals surface area contributed by atoms with Gasteiger partial charge < -0.3 is 9.84 Å². The number of aliphatic hydroxyl groups excluding tert-OH is 1.